The van der Waals surface area contributed by atoms with E-state index < -0.39 is 5.60 Å². The number of nitrogens with zero attached hydrogens (tertiary/aromatic N) is 3. The molecular weight excluding hydrogens is 370 g/mol. The molecule has 0 saturated carbocycles. The summed E-state index contributed by atoms with van der Waals surface area (Å²) < 4.78 is 8.44. The molecule has 2 heterocycles. The van der Waals surface area contributed by atoms with Gasteiger partial charge in [0.1, 0.15) is 17.2 Å². The van der Waals surface area contributed by atoms with Crippen LogP contribution in [0.1, 0.15) is 37.3 Å². The minimum Gasteiger partial charge on any atom is -0.351 e. The van der Waals surface area contributed by atoms with Gasteiger partial charge in [-0.3, -0.25) is 0 Å². The van der Waals surface area contributed by atoms with Crippen molar-refractivity contribution in [2.24, 2.45) is 0 Å². The lowest BCUT2D eigenvalue weighted by Gasteiger charge is -2.14. The lowest BCUT2D eigenvalue weighted by molar-refractivity contribution is 0.338. The number of benzene rings is 3. The molecular formula is C26H25N3O. The molecule has 1 aliphatic heterocycles. The number of para-hydroxylation sites is 1. The molecule has 5 rings (SSSR count). The molecule has 3 aromatic carbocycles. The van der Waals surface area contributed by atoms with Crippen molar-refractivity contribution < 1.29 is 4.74 Å². The Morgan fingerprint density at radius 1 is 0.933 bits per heavy atom. The average Bonchev–Trinajstić information content (AvgIpc) is 3.38. The number of rotatable bonds is 7. The van der Waals surface area contributed by atoms with E-state index in [0.29, 0.717) is 0 Å². The van der Waals surface area contributed by atoms with E-state index in [2.05, 4.69) is 77.9 Å². The summed E-state index contributed by atoms with van der Waals surface area (Å²) in [5, 5.41) is 8.82. The van der Waals surface area contributed by atoms with Gasteiger partial charge in [-0.1, -0.05) is 91.4 Å². The number of hydrogen-bond acceptors (Lipinski definition) is 3. The van der Waals surface area contributed by atoms with Gasteiger partial charge < -0.3 is 4.74 Å². The molecule has 0 bridgehead atoms. The van der Waals surface area contributed by atoms with E-state index in [9.17, 15) is 0 Å². The Bertz CT molecular complexity index is 1130. The Balaban J connectivity index is 1.58. The Labute approximate surface area is 176 Å². The maximum atomic E-state index is 6.46. The standard InChI is InChI=1S/C26H25N3O/c1-2-3-16-22(29-24-18-11-10-17-23(24)27-28-29)19-25-26(30-25,20-12-6-4-7-13-20)21-14-8-5-9-15-21/h4-15,17-19,25H,2-3,16H2,1H3/b22-19+. The smallest absolute Gasteiger partial charge is 0.149 e. The van der Waals surface area contributed by atoms with Crippen molar-refractivity contribution in [1.29, 1.82) is 0 Å². The van der Waals surface area contributed by atoms with Gasteiger partial charge in [0.15, 0.2) is 0 Å². The lowest BCUT2D eigenvalue weighted by atomic mass is 9.87. The first kappa shape index (κ1) is 18.8. The monoisotopic (exact) mass is 395 g/mol. The lowest BCUT2D eigenvalue weighted by Crippen LogP contribution is -2.14. The number of ether oxygens (including phenoxy) is 1. The van der Waals surface area contributed by atoms with Gasteiger partial charge in [0.25, 0.3) is 0 Å². The van der Waals surface area contributed by atoms with Gasteiger partial charge in [0.05, 0.1) is 5.52 Å². The van der Waals surface area contributed by atoms with Gasteiger partial charge in [0.2, 0.25) is 0 Å². The van der Waals surface area contributed by atoms with Crippen LogP contribution in [0.15, 0.2) is 91.0 Å². The second-order valence-electron chi connectivity index (χ2n) is 7.76. The molecule has 1 atom stereocenters. The Morgan fingerprint density at radius 2 is 1.57 bits per heavy atom. The highest BCUT2D eigenvalue weighted by molar-refractivity contribution is 5.77. The normalized spacial score (nSPS) is 17.9. The summed E-state index contributed by atoms with van der Waals surface area (Å²) in [6.45, 7) is 2.21. The molecule has 1 saturated heterocycles. The molecule has 1 aliphatic rings. The summed E-state index contributed by atoms with van der Waals surface area (Å²) >= 11 is 0. The summed E-state index contributed by atoms with van der Waals surface area (Å²) in [6.07, 6.45) is 5.35. The van der Waals surface area contributed by atoms with Gasteiger partial charge in [-0.25, -0.2) is 4.68 Å². The summed E-state index contributed by atoms with van der Waals surface area (Å²) in [7, 11) is 0. The van der Waals surface area contributed by atoms with E-state index in [1.54, 1.807) is 0 Å². The van der Waals surface area contributed by atoms with Crippen molar-refractivity contribution in [2.75, 3.05) is 0 Å². The summed E-state index contributed by atoms with van der Waals surface area (Å²) in [4.78, 5) is 0. The van der Waals surface area contributed by atoms with Crippen molar-refractivity contribution in [3.63, 3.8) is 0 Å². The highest BCUT2D eigenvalue weighted by Crippen LogP contribution is 2.53. The zero-order valence-corrected chi connectivity index (χ0v) is 17.1. The first-order valence-electron chi connectivity index (χ1n) is 10.6. The van der Waals surface area contributed by atoms with Gasteiger partial charge >= 0.3 is 0 Å². The highest BCUT2D eigenvalue weighted by atomic mass is 16.6. The van der Waals surface area contributed by atoms with Gasteiger partial charge in [-0.2, -0.15) is 0 Å². The number of aromatic nitrogens is 3. The number of fused-ring (bicyclic) bond motifs is 1. The SMILES string of the molecule is CCCC/C(=C\C1OC1(c1ccccc1)c1ccccc1)n1nnc2ccccc21. The maximum absolute atomic E-state index is 6.46. The maximum Gasteiger partial charge on any atom is 0.149 e. The molecule has 4 nitrogen and oxygen atoms in total. The van der Waals surface area contributed by atoms with Crippen LogP contribution < -0.4 is 0 Å². The summed E-state index contributed by atoms with van der Waals surface area (Å²) in [5.41, 5.74) is 4.99. The number of unbranched alkanes of at least 4 members (excludes halogenated alkanes) is 1. The Kier molecular flexibility index (Phi) is 4.93. The van der Waals surface area contributed by atoms with Crippen LogP contribution in [0, 0.1) is 0 Å². The second-order valence-corrected chi connectivity index (χ2v) is 7.76. The second kappa shape index (κ2) is 7.88. The molecule has 4 heteroatoms. The predicted octanol–water partition coefficient (Wildman–Crippen LogP) is 5.81. The van der Waals surface area contributed by atoms with Crippen molar-refractivity contribution in [2.45, 2.75) is 37.9 Å². The predicted molar refractivity (Wildman–Crippen MR) is 120 cm³/mol. The Morgan fingerprint density at radius 3 is 2.23 bits per heavy atom. The average molecular weight is 396 g/mol. The summed E-state index contributed by atoms with van der Waals surface area (Å²) in [6, 6.07) is 29.1. The van der Waals surface area contributed by atoms with Crippen LogP contribution in [-0.2, 0) is 10.3 Å². The van der Waals surface area contributed by atoms with Crippen LogP contribution in [0.5, 0.6) is 0 Å². The van der Waals surface area contributed by atoms with E-state index in [4.69, 9.17) is 4.74 Å². The zero-order chi connectivity index (χ0) is 20.4. The number of hydrogen-bond donors (Lipinski definition) is 0. The van der Waals surface area contributed by atoms with Crippen molar-refractivity contribution >= 4 is 16.7 Å². The molecule has 0 aliphatic carbocycles. The van der Waals surface area contributed by atoms with Gasteiger partial charge in [-0.15, -0.1) is 5.10 Å². The molecule has 1 aromatic heterocycles. The quantitative estimate of drug-likeness (QED) is 0.371. The van der Waals surface area contributed by atoms with Crippen LogP contribution >= 0.6 is 0 Å². The van der Waals surface area contributed by atoms with Crippen LogP contribution in [-0.4, -0.2) is 21.1 Å². The number of epoxide rings is 1. The fourth-order valence-corrected chi connectivity index (χ4v) is 4.19. The largest absolute Gasteiger partial charge is 0.351 e. The fraction of sp³-hybridized carbons (Fsp3) is 0.231. The van der Waals surface area contributed by atoms with E-state index in [1.807, 2.05) is 35.0 Å². The molecule has 4 aromatic rings. The van der Waals surface area contributed by atoms with E-state index in [0.717, 1.165) is 36.0 Å². The van der Waals surface area contributed by atoms with E-state index in [-0.39, 0.29) is 6.10 Å². The topological polar surface area (TPSA) is 43.2 Å². The molecule has 0 amide bonds. The first-order chi connectivity index (χ1) is 14.8. The molecule has 0 N–H and O–H groups in total. The third kappa shape index (κ3) is 3.23. The zero-order valence-electron chi connectivity index (χ0n) is 17.1. The third-order valence-corrected chi connectivity index (χ3v) is 5.82. The molecule has 1 unspecified atom stereocenters. The molecule has 1 fully saturated rings. The fourth-order valence-electron chi connectivity index (χ4n) is 4.19. The minimum atomic E-state index is -0.448. The molecule has 30 heavy (non-hydrogen) atoms. The van der Waals surface area contributed by atoms with Gasteiger partial charge in [-0.05, 0) is 42.2 Å². The Hall–Kier alpha value is -3.24. The van der Waals surface area contributed by atoms with Crippen LogP contribution in [0.25, 0.3) is 16.7 Å². The van der Waals surface area contributed by atoms with Crippen molar-refractivity contribution in [1.82, 2.24) is 15.0 Å². The van der Waals surface area contributed by atoms with Crippen molar-refractivity contribution in [3.8, 4) is 0 Å². The van der Waals surface area contributed by atoms with E-state index in [1.165, 1.54) is 11.1 Å². The first-order valence-corrected chi connectivity index (χ1v) is 10.6. The van der Waals surface area contributed by atoms with Crippen LogP contribution in [0.4, 0.5) is 0 Å². The van der Waals surface area contributed by atoms with Gasteiger partial charge in [0, 0.05) is 5.70 Å². The molecule has 0 spiro atoms. The molecule has 150 valence electrons. The van der Waals surface area contributed by atoms with Crippen LogP contribution in [0.2, 0.25) is 0 Å². The van der Waals surface area contributed by atoms with Crippen molar-refractivity contribution in [3.05, 3.63) is 102 Å². The van der Waals surface area contributed by atoms with Crippen LogP contribution in [0.3, 0.4) is 0 Å². The summed E-state index contributed by atoms with van der Waals surface area (Å²) in [5.74, 6) is 0. The van der Waals surface area contributed by atoms with E-state index >= 15 is 0 Å². The third-order valence-electron chi connectivity index (χ3n) is 5.82. The number of allylic oxidation sites excluding steroid dienone is 1. The molecule has 0 radical (unpaired) electrons. The minimum absolute atomic E-state index is 0.0443. The highest BCUT2D eigenvalue weighted by Gasteiger charge is 2.58.